The number of carbonyl (C=O) groups is 1. The second kappa shape index (κ2) is 7.04. The van der Waals surface area contributed by atoms with Gasteiger partial charge in [0.2, 0.25) is 0 Å². The van der Waals surface area contributed by atoms with Gasteiger partial charge in [0.1, 0.15) is 17.2 Å². The van der Waals surface area contributed by atoms with Crippen LogP contribution in [0.3, 0.4) is 0 Å². The minimum absolute atomic E-state index is 0.322. The Labute approximate surface area is 128 Å². The molecule has 1 heterocycles. The van der Waals surface area contributed by atoms with Gasteiger partial charge in [-0.05, 0) is 24.5 Å². The van der Waals surface area contributed by atoms with E-state index in [1.54, 1.807) is 12.1 Å². The van der Waals surface area contributed by atoms with Crippen molar-refractivity contribution in [2.75, 3.05) is 11.9 Å². The van der Waals surface area contributed by atoms with Crippen molar-refractivity contribution in [2.45, 2.75) is 19.8 Å². The van der Waals surface area contributed by atoms with Gasteiger partial charge in [0.15, 0.2) is 0 Å². The Morgan fingerprint density at radius 2 is 2.10 bits per heavy atom. The Kier molecular flexibility index (Phi) is 5.11. The molecule has 2 rings (SSSR count). The van der Waals surface area contributed by atoms with Gasteiger partial charge in [-0.25, -0.2) is 14.8 Å². The van der Waals surface area contributed by atoms with Gasteiger partial charge in [0, 0.05) is 6.54 Å². The van der Waals surface area contributed by atoms with E-state index in [-0.39, 0.29) is 0 Å². The zero-order valence-electron chi connectivity index (χ0n) is 11.6. The van der Waals surface area contributed by atoms with Crippen LogP contribution in [-0.2, 0) is 12.8 Å². The third-order valence-electron chi connectivity index (χ3n) is 3.13. The van der Waals surface area contributed by atoms with Crippen LogP contribution in [0.15, 0.2) is 30.6 Å². The molecule has 2 N–H and O–H groups in total. The van der Waals surface area contributed by atoms with Crippen molar-refractivity contribution in [2.24, 2.45) is 0 Å². The fourth-order valence-electron chi connectivity index (χ4n) is 2.04. The predicted molar refractivity (Wildman–Crippen MR) is 82.0 cm³/mol. The molecule has 0 saturated heterocycles. The van der Waals surface area contributed by atoms with Gasteiger partial charge in [-0.15, -0.1) is 0 Å². The Bertz CT molecular complexity index is 647. The second-order valence-corrected chi connectivity index (χ2v) is 4.85. The summed E-state index contributed by atoms with van der Waals surface area (Å²) in [4.78, 5) is 19.3. The van der Waals surface area contributed by atoms with E-state index in [1.165, 1.54) is 6.33 Å². The van der Waals surface area contributed by atoms with Crippen molar-refractivity contribution >= 4 is 23.4 Å². The van der Waals surface area contributed by atoms with Gasteiger partial charge in [0.25, 0.3) is 0 Å². The van der Waals surface area contributed by atoms with Gasteiger partial charge in [-0.2, -0.15) is 0 Å². The third-order valence-corrected chi connectivity index (χ3v) is 3.53. The Hall–Kier alpha value is -2.14. The standard InChI is InChI=1S/C15H16ClN3O2/c1-2-12-13(16)14(19-9-18-12)17-8-7-10-5-3-4-6-11(10)15(20)21/h3-6,9H,2,7-8H2,1H3,(H,20,21)(H,17,18,19). The van der Waals surface area contributed by atoms with Gasteiger partial charge in [-0.3, -0.25) is 0 Å². The molecule has 0 fully saturated rings. The number of aryl methyl sites for hydroxylation is 1. The molecular formula is C15H16ClN3O2. The molecule has 0 aliphatic carbocycles. The summed E-state index contributed by atoms with van der Waals surface area (Å²) in [5.41, 5.74) is 1.89. The molecule has 0 atom stereocenters. The van der Waals surface area contributed by atoms with Crippen molar-refractivity contribution in [3.8, 4) is 0 Å². The second-order valence-electron chi connectivity index (χ2n) is 4.48. The number of hydrogen-bond acceptors (Lipinski definition) is 4. The van der Waals surface area contributed by atoms with Crippen molar-refractivity contribution in [1.82, 2.24) is 9.97 Å². The highest BCUT2D eigenvalue weighted by Gasteiger charge is 2.10. The largest absolute Gasteiger partial charge is 0.478 e. The highest BCUT2D eigenvalue weighted by molar-refractivity contribution is 6.33. The van der Waals surface area contributed by atoms with Crippen molar-refractivity contribution in [1.29, 1.82) is 0 Å². The lowest BCUT2D eigenvalue weighted by atomic mass is 10.0. The smallest absolute Gasteiger partial charge is 0.335 e. The maximum atomic E-state index is 11.1. The lowest BCUT2D eigenvalue weighted by molar-refractivity contribution is 0.0695. The van der Waals surface area contributed by atoms with Crippen LogP contribution < -0.4 is 5.32 Å². The Morgan fingerprint density at radius 3 is 2.81 bits per heavy atom. The van der Waals surface area contributed by atoms with E-state index in [4.69, 9.17) is 16.7 Å². The number of hydrogen-bond donors (Lipinski definition) is 2. The first-order valence-corrected chi connectivity index (χ1v) is 7.05. The Morgan fingerprint density at radius 1 is 1.33 bits per heavy atom. The van der Waals surface area contributed by atoms with E-state index in [1.807, 2.05) is 19.1 Å². The van der Waals surface area contributed by atoms with E-state index in [2.05, 4.69) is 15.3 Å². The lowest BCUT2D eigenvalue weighted by Gasteiger charge is -2.10. The molecule has 1 aromatic carbocycles. The molecule has 110 valence electrons. The monoisotopic (exact) mass is 305 g/mol. The molecule has 0 aliphatic heterocycles. The molecule has 1 aromatic heterocycles. The van der Waals surface area contributed by atoms with Gasteiger partial charge in [-0.1, -0.05) is 36.7 Å². The van der Waals surface area contributed by atoms with Crippen LogP contribution in [0.1, 0.15) is 28.5 Å². The van der Waals surface area contributed by atoms with Crippen LogP contribution in [0.2, 0.25) is 5.02 Å². The first-order chi connectivity index (χ1) is 10.1. The fraction of sp³-hybridized carbons (Fsp3) is 0.267. The number of carboxylic acid groups (broad SMARTS) is 1. The summed E-state index contributed by atoms with van der Waals surface area (Å²) in [5.74, 6) is -0.338. The number of rotatable bonds is 6. The molecule has 5 nitrogen and oxygen atoms in total. The SMILES string of the molecule is CCc1ncnc(NCCc2ccccc2C(=O)O)c1Cl. The molecule has 0 amide bonds. The molecular weight excluding hydrogens is 290 g/mol. The van der Waals surface area contributed by atoms with Crippen LogP contribution in [0.25, 0.3) is 0 Å². The molecule has 0 bridgehead atoms. The number of carboxylic acids is 1. The van der Waals surface area contributed by atoms with Crippen LogP contribution >= 0.6 is 11.6 Å². The van der Waals surface area contributed by atoms with E-state index in [0.717, 1.165) is 17.7 Å². The van der Waals surface area contributed by atoms with Gasteiger partial charge < -0.3 is 10.4 Å². The van der Waals surface area contributed by atoms with Crippen LogP contribution in [-0.4, -0.2) is 27.6 Å². The maximum Gasteiger partial charge on any atom is 0.335 e. The van der Waals surface area contributed by atoms with Gasteiger partial charge >= 0.3 is 5.97 Å². The fourth-order valence-corrected chi connectivity index (χ4v) is 2.34. The zero-order valence-corrected chi connectivity index (χ0v) is 12.4. The lowest BCUT2D eigenvalue weighted by Crippen LogP contribution is -2.11. The molecule has 0 unspecified atom stereocenters. The van der Waals surface area contributed by atoms with Crippen molar-refractivity contribution in [3.05, 3.63) is 52.4 Å². The minimum atomic E-state index is -0.918. The summed E-state index contributed by atoms with van der Waals surface area (Å²) in [6.45, 7) is 2.52. The van der Waals surface area contributed by atoms with Crippen LogP contribution in [0.5, 0.6) is 0 Å². The first-order valence-electron chi connectivity index (χ1n) is 6.68. The highest BCUT2D eigenvalue weighted by Crippen LogP contribution is 2.22. The highest BCUT2D eigenvalue weighted by atomic mass is 35.5. The molecule has 0 aliphatic rings. The quantitative estimate of drug-likeness (QED) is 0.858. The van der Waals surface area contributed by atoms with E-state index in [0.29, 0.717) is 29.4 Å². The van der Waals surface area contributed by atoms with Crippen molar-refractivity contribution in [3.63, 3.8) is 0 Å². The number of anilines is 1. The van der Waals surface area contributed by atoms with Crippen LogP contribution in [0.4, 0.5) is 5.82 Å². The maximum absolute atomic E-state index is 11.1. The topological polar surface area (TPSA) is 75.1 Å². The summed E-state index contributed by atoms with van der Waals surface area (Å²) >= 11 is 6.19. The van der Waals surface area contributed by atoms with E-state index < -0.39 is 5.97 Å². The number of nitrogens with zero attached hydrogens (tertiary/aromatic N) is 2. The van der Waals surface area contributed by atoms with E-state index >= 15 is 0 Å². The third kappa shape index (κ3) is 3.70. The van der Waals surface area contributed by atoms with E-state index in [9.17, 15) is 4.79 Å². The molecule has 6 heteroatoms. The molecule has 21 heavy (non-hydrogen) atoms. The summed E-state index contributed by atoms with van der Waals surface area (Å²) in [7, 11) is 0. The molecule has 0 saturated carbocycles. The molecule has 2 aromatic rings. The first kappa shape index (κ1) is 15.3. The summed E-state index contributed by atoms with van der Waals surface area (Å²) in [6.07, 6.45) is 2.78. The average molecular weight is 306 g/mol. The number of aromatic carboxylic acids is 1. The van der Waals surface area contributed by atoms with Gasteiger partial charge in [0.05, 0.1) is 11.3 Å². The molecule has 0 radical (unpaired) electrons. The minimum Gasteiger partial charge on any atom is -0.478 e. The normalized spacial score (nSPS) is 10.4. The number of benzene rings is 1. The summed E-state index contributed by atoms with van der Waals surface area (Å²) < 4.78 is 0. The molecule has 0 spiro atoms. The van der Waals surface area contributed by atoms with Crippen molar-refractivity contribution < 1.29 is 9.90 Å². The predicted octanol–water partition coefficient (Wildman–Crippen LogP) is 3.05. The number of halogens is 1. The van der Waals surface area contributed by atoms with Crippen LogP contribution in [0, 0.1) is 0 Å². The average Bonchev–Trinajstić information content (AvgIpc) is 2.49. The number of aromatic nitrogens is 2. The Balaban J connectivity index is 2.04. The zero-order chi connectivity index (χ0) is 15.2. The number of nitrogens with one attached hydrogen (secondary N) is 1. The summed E-state index contributed by atoms with van der Waals surface area (Å²) in [6, 6.07) is 6.96. The summed E-state index contributed by atoms with van der Waals surface area (Å²) in [5, 5.41) is 12.8.